The Balaban J connectivity index is 2.08. The fraction of sp³-hybridized carbons (Fsp3) is 0.333. The molecule has 0 aliphatic carbocycles. The Hall–Kier alpha value is -1.72. The molecule has 1 amide bonds. The number of aliphatic hydroxyl groups excluding tert-OH is 1. The third-order valence-corrected chi connectivity index (χ3v) is 3.97. The lowest BCUT2D eigenvalue weighted by Gasteiger charge is -2.29. The number of rotatable bonds is 5. The highest BCUT2D eigenvalue weighted by molar-refractivity contribution is 7.09. The van der Waals surface area contributed by atoms with Gasteiger partial charge in [-0.25, -0.2) is 4.98 Å². The van der Waals surface area contributed by atoms with E-state index in [4.69, 9.17) is 0 Å². The van der Waals surface area contributed by atoms with Gasteiger partial charge in [-0.1, -0.05) is 30.3 Å². The van der Waals surface area contributed by atoms with E-state index in [2.05, 4.69) is 10.3 Å². The van der Waals surface area contributed by atoms with Crippen LogP contribution in [0.25, 0.3) is 0 Å². The fourth-order valence-corrected chi connectivity index (χ4v) is 2.63. The monoisotopic (exact) mass is 290 g/mol. The molecule has 1 atom stereocenters. The maximum Gasteiger partial charge on any atom is 0.226 e. The topological polar surface area (TPSA) is 62.2 Å². The van der Waals surface area contributed by atoms with Gasteiger partial charge < -0.3 is 10.4 Å². The molecule has 20 heavy (non-hydrogen) atoms. The van der Waals surface area contributed by atoms with E-state index < -0.39 is 5.54 Å². The number of thiazole rings is 1. The zero-order valence-corrected chi connectivity index (χ0v) is 12.4. The molecular weight excluding hydrogens is 272 g/mol. The highest BCUT2D eigenvalue weighted by Gasteiger charge is 2.27. The first-order chi connectivity index (χ1) is 9.53. The number of amides is 1. The first-order valence-corrected chi connectivity index (χ1v) is 7.30. The van der Waals surface area contributed by atoms with Crippen LogP contribution in [0.1, 0.15) is 23.2 Å². The summed E-state index contributed by atoms with van der Waals surface area (Å²) in [5.41, 5.74) is 0.868. The quantitative estimate of drug-likeness (QED) is 0.885. The Morgan fingerprint density at radius 3 is 2.65 bits per heavy atom. The number of benzene rings is 1. The predicted octanol–water partition coefficient (Wildman–Crippen LogP) is 2.02. The normalized spacial score (nSPS) is 13.8. The minimum absolute atomic E-state index is 0.143. The van der Waals surface area contributed by atoms with Gasteiger partial charge in [0.05, 0.1) is 29.3 Å². The van der Waals surface area contributed by atoms with Crippen molar-refractivity contribution in [1.82, 2.24) is 10.3 Å². The molecule has 0 saturated heterocycles. The molecule has 5 heteroatoms. The SMILES string of the molecule is Cc1nc(CC(=O)NC(C)(CO)c2ccccc2)cs1. The maximum atomic E-state index is 12.1. The molecule has 0 bridgehead atoms. The van der Waals surface area contributed by atoms with Gasteiger partial charge in [0, 0.05) is 5.38 Å². The van der Waals surface area contributed by atoms with Crippen LogP contribution in [-0.2, 0) is 16.8 Å². The van der Waals surface area contributed by atoms with Gasteiger partial charge in [-0.2, -0.15) is 0 Å². The van der Waals surface area contributed by atoms with Crippen LogP contribution in [0, 0.1) is 6.92 Å². The number of hydrogen-bond donors (Lipinski definition) is 2. The van der Waals surface area contributed by atoms with Crippen LogP contribution in [0.15, 0.2) is 35.7 Å². The van der Waals surface area contributed by atoms with Crippen molar-refractivity contribution >= 4 is 17.2 Å². The van der Waals surface area contributed by atoms with Gasteiger partial charge in [0.15, 0.2) is 0 Å². The van der Waals surface area contributed by atoms with Crippen molar-refractivity contribution in [3.63, 3.8) is 0 Å². The maximum absolute atomic E-state index is 12.1. The lowest BCUT2D eigenvalue weighted by atomic mass is 9.92. The number of aryl methyl sites for hydroxylation is 1. The minimum Gasteiger partial charge on any atom is -0.394 e. The van der Waals surface area contributed by atoms with Crippen molar-refractivity contribution in [3.8, 4) is 0 Å². The summed E-state index contributed by atoms with van der Waals surface area (Å²) in [5, 5.41) is 15.4. The van der Waals surface area contributed by atoms with E-state index in [0.717, 1.165) is 16.3 Å². The number of hydrogen-bond acceptors (Lipinski definition) is 4. The first kappa shape index (κ1) is 14.7. The van der Waals surface area contributed by atoms with Crippen molar-refractivity contribution in [1.29, 1.82) is 0 Å². The number of nitrogens with one attached hydrogen (secondary N) is 1. The highest BCUT2D eigenvalue weighted by atomic mass is 32.1. The highest BCUT2D eigenvalue weighted by Crippen LogP contribution is 2.20. The van der Waals surface area contributed by atoms with Crippen LogP contribution in [0.4, 0.5) is 0 Å². The number of aromatic nitrogens is 1. The molecule has 0 saturated carbocycles. The van der Waals surface area contributed by atoms with Gasteiger partial charge in [-0.15, -0.1) is 11.3 Å². The fourth-order valence-electron chi connectivity index (χ4n) is 2.01. The van der Waals surface area contributed by atoms with E-state index >= 15 is 0 Å². The predicted molar refractivity (Wildman–Crippen MR) is 79.6 cm³/mol. The third-order valence-electron chi connectivity index (χ3n) is 3.15. The van der Waals surface area contributed by atoms with Gasteiger partial charge in [-0.3, -0.25) is 4.79 Å². The Morgan fingerprint density at radius 2 is 2.10 bits per heavy atom. The van der Waals surface area contributed by atoms with Gasteiger partial charge in [0.25, 0.3) is 0 Å². The van der Waals surface area contributed by atoms with Gasteiger partial charge in [0.2, 0.25) is 5.91 Å². The Bertz CT molecular complexity index is 583. The van der Waals surface area contributed by atoms with Gasteiger partial charge in [-0.05, 0) is 19.4 Å². The van der Waals surface area contributed by atoms with E-state index in [1.54, 1.807) is 0 Å². The van der Waals surface area contributed by atoms with Crippen molar-refractivity contribution < 1.29 is 9.90 Å². The van der Waals surface area contributed by atoms with Crippen LogP contribution in [0.2, 0.25) is 0 Å². The lowest BCUT2D eigenvalue weighted by Crippen LogP contribution is -2.46. The number of carbonyl (C=O) groups is 1. The largest absolute Gasteiger partial charge is 0.394 e. The number of aliphatic hydroxyl groups is 1. The smallest absolute Gasteiger partial charge is 0.226 e. The van der Waals surface area contributed by atoms with Gasteiger partial charge >= 0.3 is 0 Å². The zero-order chi connectivity index (χ0) is 14.6. The summed E-state index contributed by atoms with van der Waals surface area (Å²) in [7, 11) is 0. The van der Waals surface area contributed by atoms with Crippen LogP contribution in [-0.4, -0.2) is 22.6 Å². The van der Waals surface area contributed by atoms with Crippen molar-refractivity contribution in [2.24, 2.45) is 0 Å². The summed E-state index contributed by atoms with van der Waals surface area (Å²) >= 11 is 1.53. The molecule has 4 nitrogen and oxygen atoms in total. The summed E-state index contributed by atoms with van der Waals surface area (Å²) in [5.74, 6) is -0.143. The van der Waals surface area contributed by atoms with Crippen LogP contribution in [0.3, 0.4) is 0 Å². The van der Waals surface area contributed by atoms with Crippen molar-refractivity contribution in [2.45, 2.75) is 25.8 Å². The van der Waals surface area contributed by atoms with E-state index in [1.807, 2.05) is 49.6 Å². The number of carbonyl (C=O) groups excluding carboxylic acids is 1. The summed E-state index contributed by atoms with van der Waals surface area (Å²) in [6.45, 7) is 3.57. The van der Waals surface area contributed by atoms with E-state index in [0.29, 0.717) is 0 Å². The minimum atomic E-state index is -0.774. The molecule has 2 rings (SSSR count). The second-order valence-electron chi connectivity index (χ2n) is 4.94. The summed E-state index contributed by atoms with van der Waals surface area (Å²) < 4.78 is 0. The van der Waals surface area contributed by atoms with E-state index in [-0.39, 0.29) is 18.9 Å². The molecule has 0 aliphatic heterocycles. The average molecular weight is 290 g/mol. The van der Waals surface area contributed by atoms with Gasteiger partial charge in [0.1, 0.15) is 0 Å². The molecule has 0 aliphatic rings. The first-order valence-electron chi connectivity index (χ1n) is 6.42. The molecule has 1 aromatic carbocycles. The van der Waals surface area contributed by atoms with Crippen LogP contribution >= 0.6 is 11.3 Å². The molecule has 0 radical (unpaired) electrons. The molecule has 1 heterocycles. The Morgan fingerprint density at radius 1 is 1.40 bits per heavy atom. The van der Waals surface area contributed by atoms with Crippen molar-refractivity contribution in [3.05, 3.63) is 52.0 Å². The zero-order valence-electron chi connectivity index (χ0n) is 11.6. The average Bonchev–Trinajstić information content (AvgIpc) is 2.84. The molecule has 2 N–H and O–H groups in total. The second kappa shape index (κ2) is 6.15. The van der Waals surface area contributed by atoms with Crippen LogP contribution in [0.5, 0.6) is 0 Å². The molecule has 1 aromatic heterocycles. The summed E-state index contributed by atoms with van der Waals surface area (Å²) in [6, 6.07) is 9.46. The standard InChI is InChI=1S/C15H18N2O2S/c1-11-16-13(9-20-11)8-14(19)17-15(2,10-18)12-6-4-3-5-7-12/h3-7,9,18H,8,10H2,1-2H3,(H,17,19). The molecule has 0 spiro atoms. The molecule has 1 unspecified atom stereocenters. The molecular formula is C15H18N2O2S. The molecule has 2 aromatic rings. The summed E-state index contributed by atoms with van der Waals surface area (Å²) in [6.07, 6.45) is 0.229. The van der Waals surface area contributed by atoms with E-state index in [9.17, 15) is 9.90 Å². The Kier molecular flexibility index (Phi) is 4.52. The Labute approximate surface area is 122 Å². The third kappa shape index (κ3) is 3.43. The number of nitrogens with zero attached hydrogens (tertiary/aromatic N) is 1. The lowest BCUT2D eigenvalue weighted by molar-refractivity contribution is -0.122. The molecule has 106 valence electrons. The van der Waals surface area contributed by atoms with Crippen LogP contribution < -0.4 is 5.32 Å². The molecule has 0 fully saturated rings. The summed E-state index contributed by atoms with van der Waals surface area (Å²) in [4.78, 5) is 16.4. The van der Waals surface area contributed by atoms with E-state index in [1.165, 1.54) is 11.3 Å². The van der Waals surface area contributed by atoms with Crippen molar-refractivity contribution in [2.75, 3.05) is 6.61 Å². The second-order valence-corrected chi connectivity index (χ2v) is 6.00.